The summed E-state index contributed by atoms with van der Waals surface area (Å²) in [7, 11) is 0. The second kappa shape index (κ2) is 4.18. The molecule has 0 unspecified atom stereocenters. The molecule has 2 nitrogen and oxygen atoms in total. The third kappa shape index (κ3) is 3.09. The Hall–Kier alpha value is -1.30. The van der Waals surface area contributed by atoms with Gasteiger partial charge in [-0.3, -0.25) is 0 Å². The molecule has 0 saturated heterocycles. The van der Waals surface area contributed by atoms with Crippen molar-refractivity contribution in [3.05, 3.63) is 29.6 Å². The van der Waals surface area contributed by atoms with Crippen LogP contribution in [0.2, 0.25) is 0 Å². The monoisotopic (exact) mass is 249 g/mol. The first-order valence-electron chi connectivity index (χ1n) is 5.17. The Morgan fingerprint density at radius 3 is 2.41 bits per heavy atom. The van der Waals surface area contributed by atoms with Crippen LogP contribution in [-0.2, 0) is 0 Å². The molecule has 17 heavy (non-hydrogen) atoms. The van der Waals surface area contributed by atoms with Gasteiger partial charge in [-0.15, -0.1) is 13.2 Å². The smallest absolute Gasteiger partial charge is 0.403 e. The summed E-state index contributed by atoms with van der Waals surface area (Å²) in [5, 5.41) is 0. The van der Waals surface area contributed by atoms with Gasteiger partial charge < -0.3 is 10.5 Å². The largest absolute Gasteiger partial charge is 0.573 e. The molecular formula is C11H11F4NO. The van der Waals surface area contributed by atoms with E-state index in [9.17, 15) is 17.6 Å². The zero-order valence-electron chi connectivity index (χ0n) is 8.80. The molecule has 1 fully saturated rings. The van der Waals surface area contributed by atoms with E-state index in [1.807, 2.05) is 0 Å². The normalized spacial score (nSPS) is 17.9. The van der Waals surface area contributed by atoms with E-state index in [1.54, 1.807) is 0 Å². The van der Waals surface area contributed by atoms with Crippen LogP contribution >= 0.6 is 0 Å². The maximum atomic E-state index is 13.3. The minimum atomic E-state index is -4.89. The Labute approximate surface area is 95.4 Å². The second-order valence-electron chi connectivity index (χ2n) is 4.10. The highest BCUT2D eigenvalue weighted by Gasteiger charge is 2.33. The lowest BCUT2D eigenvalue weighted by molar-refractivity contribution is -0.275. The zero-order valence-corrected chi connectivity index (χ0v) is 8.80. The molecule has 2 N–H and O–H groups in total. The maximum absolute atomic E-state index is 13.3. The predicted molar refractivity (Wildman–Crippen MR) is 52.7 cm³/mol. The first-order valence-corrected chi connectivity index (χ1v) is 5.17. The molecule has 94 valence electrons. The van der Waals surface area contributed by atoms with Crippen molar-refractivity contribution in [2.24, 2.45) is 11.7 Å². The molecule has 0 aromatic heterocycles. The Bertz CT molecular complexity index is 414. The third-order valence-corrected chi connectivity index (χ3v) is 2.70. The molecule has 0 spiro atoms. The fourth-order valence-corrected chi connectivity index (χ4v) is 1.66. The van der Waals surface area contributed by atoms with E-state index in [4.69, 9.17) is 5.73 Å². The average molecular weight is 249 g/mol. The lowest BCUT2D eigenvalue weighted by Gasteiger charge is -2.13. The van der Waals surface area contributed by atoms with Crippen molar-refractivity contribution in [3.8, 4) is 5.75 Å². The molecule has 0 radical (unpaired) electrons. The summed E-state index contributed by atoms with van der Waals surface area (Å²) in [5.41, 5.74) is 6.32. The number of hydrogen-bond acceptors (Lipinski definition) is 2. The zero-order chi connectivity index (χ0) is 12.6. The SMILES string of the molecule is N[C@@H](c1ccc(OC(F)(F)F)c(F)c1)C1CC1. The quantitative estimate of drug-likeness (QED) is 0.835. The van der Waals surface area contributed by atoms with Crippen LogP contribution in [0.3, 0.4) is 0 Å². The molecule has 1 saturated carbocycles. The van der Waals surface area contributed by atoms with E-state index in [-0.39, 0.29) is 6.04 Å². The van der Waals surface area contributed by atoms with Crippen LogP contribution in [0.25, 0.3) is 0 Å². The van der Waals surface area contributed by atoms with Crippen LogP contribution in [0.1, 0.15) is 24.4 Å². The van der Waals surface area contributed by atoms with E-state index in [2.05, 4.69) is 4.74 Å². The summed E-state index contributed by atoms with van der Waals surface area (Å²) in [6.45, 7) is 0. The molecule has 2 rings (SSSR count). The average Bonchev–Trinajstić information content (AvgIpc) is 3.01. The van der Waals surface area contributed by atoms with Crippen molar-refractivity contribution >= 4 is 0 Å². The Kier molecular flexibility index (Phi) is 2.99. The fraction of sp³-hybridized carbons (Fsp3) is 0.455. The molecule has 6 heteroatoms. The van der Waals surface area contributed by atoms with Gasteiger partial charge in [0.2, 0.25) is 0 Å². The first-order chi connectivity index (χ1) is 7.87. The van der Waals surface area contributed by atoms with Gasteiger partial charge >= 0.3 is 6.36 Å². The van der Waals surface area contributed by atoms with Crippen LogP contribution in [0.4, 0.5) is 17.6 Å². The number of halogens is 4. The fourth-order valence-electron chi connectivity index (χ4n) is 1.66. The summed E-state index contributed by atoms with van der Waals surface area (Å²) in [4.78, 5) is 0. The van der Waals surface area contributed by atoms with Gasteiger partial charge in [-0.1, -0.05) is 6.07 Å². The number of hydrogen-bond donors (Lipinski definition) is 1. The summed E-state index contributed by atoms with van der Waals surface area (Å²) in [6.07, 6.45) is -2.94. The Morgan fingerprint density at radius 2 is 1.94 bits per heavy atom. The van der Waals surface area contributed by atoms with E-state index < -0.39 is 17.9 Å². The van der Waals surface area contributed by atoms with Gasteiger partial charge in [-0.2, -0.15) is 0 Å². The highest BCUT2D eigenvalue weighted by molar-refractivity contribution is 5.31. The van der Waals surface area contributed by atoms with Crippen molar-refractivity contribution in [1.29, 1.82) is 0 Å². The van der Waals surface area contributed by atoms with E-state index in [0.29, 0.717) is 11.5 Å². The molecule has 1 aliphatic rings. The van der Waals surface area contributed by atoms with Gasteiger partial charge in [0, 0.05) is 6.04 Å². The van der Waals surface area contributed by atoms with Crippen LogP contribution in [-0.4, -0.2) is 6.36 Å². The van der Waals surface area contributed by atoms with Gasteiger partial charge in [0.25, 0.3) is 0 Å². The highest BCUT2D eigenvalue weighted by Crippen LogP contribution is 2.40. The minimum Gasteiger partial charge on any atom is -0.403 e. The van der Waals surface area contributed by atoms with Crippen LogP contribution < -0.4 is 10.5 Å². The van der Waals surface area contributed by atoms with Gasteiger partial charge in [0.15, 0.2) is 11.6 Å². The standard InChI is InChI=1S/C11H11F4NO/c12-8-5-7(10(16)6-1-2-6)3-4-9(8)17-11(13,14)15/h3-6,10H,1-2,16H2/t10-/m1/s1. The molecule has 0 aliphatic heterocycles. The van der Waals surface area contributed by atoms with Gasteiger partial charge in [-0.05, 0) is 36.5 Å². The lowest BCUT2D eigenvalue weighted by atomic mass is 10.0. The summed E-state index contributed by atoms with van der Waals surface area (Å²) in [5.74, 6) is -1.57. The highest BCUT2D eigenvalue weighted by atomic mass is 19.4. The number of nitrogens with two attached hydrogens (primary N) is 1. The number of ether oxygens (including phenoxy) is 1. The molecular weight excluding hydrogens is 238 g/mol. The Balaban J connectivity index is 2.16. The van der Waals surface area contributed by atoms with E-state index in [1.165, 1.54) is 6.07 Å². The molecule has 1 aliphatic carbocycles. The number of alkyl halides is 3. The molecule has 1 aromatic carbocycles. The minimum absolute atomic E-state index is 0.309. The first kappa shape index (κ1) is 12.2. The van der Waals surface area contributed by atoms with Crippen molar-refractivity contribution in [2.75, 3.05) is 0 Å². The van der Waals surface area contributed by atoms with Crippen molar-refractivity contribution in [3.63, 3.8) is 0 Å². The van der Waals surface area contributed by atoms with Crippen LogP contribution in [0, 0.1) is 11.7 Å². The van der Waals surface area contributed by atoms with Crippen molar-refractivity contribution < 1.29 is 22.3 Å². The van der Waals surface area contributed by atoms with Crippen LogP contribution in [0.5, 0.6) is 5.75 Å². The molecule has 1 atom stereocenters. The topological polar surface area (TPSA) is 35.2 Å². The van der Waals surface area contributed by atoms with E-state index >= 15 is 0 Å². The second-order valence-corrected chi connectivity index (χ2v) is 4.10. The van der Waals surface area contributed by atoms with Crippen molar-refractivity contribution in [2.45, 2.75) is 25.2 Å². The van der Waals surface area contributed by atoms with Crippen LogP contribution in [0.15, 0.2) is 18.2 Å². The van der Waals surface area contributed by atoms with Gasteiger partial charge in [0.1, 0.15) is 0 Å². The summed E-state index contributed by atoms with van der Waals surface area (Å²) in [6, 6.07) is 3.02. The van der Waals surface area contributed by atoms with E-state index in [0.717, 1.165) is 25.0 Å². The number of rotatable bonds is 3. The van der Waals surface area contributed by atoms with Crippen molar-refractivity contribution in [1.82, 2.24) is 0 Å². The lowest BCUT2D eigenvalue weighted by Crippen LogP contribution is -2.18. The molecule has 0 heterocycles. The number of benzene rings is 1. The summed E-state index contributed by atoms with van der Waals surface area (Å²) < 4.78 is 52.6. The third-order valence-electron chi connectivity index (χ3n) is 2.70. The Morgan fingerprint density at radius 1 is 1.29 bits per heavy atom. The molecule has 0 bridgehead atoms. The van der Waals surface area contributed by atoms with Gasteiger partial charge in [-0.25, -0.2) is 4.39 Å². The molecule has 0 amide bonds. The van der Waals surface area contributed by atoms with Gasteiger partial charge in [0.05, 0.1) is 0 Å². The maximum Gasteiger partial charge on any atom is 0.573 e. The predicted octanol–water partition coefficient (Wildman–Crippen LogP) is 3.13. The molecule has 1 aromatic rings. The summed E-state index contributed by atoms with van der Waals surface area (Å²) >= 11 is 0.